The number of allylic oxidation sites excluding steroid dienone is 2. The molecule has 0 aromatic rings. The van der Waals surface area contributed by atoms with Crippen LogP contribution in [0.3, 0.4) is 0 Å². The Labute approximate surface area is 154 Å². The van der Waals surface area contributed by atoms with Crippen molar-refractivity contribution in [3.8, 4) is 0 Å². The van der Waals surface area contributed by atoms with Crippen molar-refractivity contribution in [2.45, 2.75) is 96.8 Å². The van der Waals surface area contributed by atoms with Crippen molar-refractivity contribution in [2.24, 2.45) is 0 Å². The minimum Gasteiger partial charge on any atom is -0.275 e. The zero-order valence-electron chi connectivity index (χ0n) is 16.2. The van der Waals surface area contributed by atoms with Gasteiger partial charge in [0, 0.05) is 18.7 Å². The number of hydrogen-bond acceptors (Lipinski definition) is 2. The maximum atomic E-state index is 11.4. The number of hydrogen-bond donors (Lipinski definition) is 0. The zero-order valence-corrected chi connectivity index (χ0v) is 16.2. The Morgan fingerprint density at radius 3 is 1.64 bits per heavy atom. The largest absolute Gasteiger partial charge is 0.275 e. The van der Waals surface area contributed by atoms with Gasteiger partial charge in [-0.25, -0.2) is 0 Å². The van der Waals surface area contributed by atoms with Crippen LogP contribution in [0.4, 0.5) is 0 Å². The van der Waals surface area contributed by atoms with E-state index in [1.807, 2.05) is 0 Å². The Hall–Kier alpha value is -1.38. The molecule has 1 rings (SSSR count). The maximum absolute atomic E-state index is 11.4. The zero-order chi connectivity index (χ0) is 18.2. The highest BCUT2D eigenvalue weighted by molar-refractivity contribution is 6.12. The topological polar surface area (TPSA) is 37.4 Å². The quantitative estimate of drug-likeness (QED) is 0.196. The smallest absolute Gasteiger partial charge is 0.253 e. The Morgan fingerprint density at radius 1 is 0.680 bits per heavy atom. The Balaban J connectivity index is 1.79. The summed E-state index contributed by atoms with van der Waals surface area (Å²) < 4.78 is 0. The lowest BCUT2D eigenvalue weighted by Gasteiger charge is -2.12. The van der Waals surface area contributed by atoms with Gasteiger partial charge in [-0.05, 0) is 32.1 Å². The van der Waals surface area contributed by atoms with E-state index in [4.69, 9.17) is 0 Å². The van der Waals surface area contributed by atoms with Crippen LogP contribution in [0.5, 0.6) is 0 Å². The van der Waals surface area contributed by atoms with Crippen LogP contribution in [0, 0.1) is 0 Å². The molecule has 1 heterocycles. The Morgan fingerprint density at radius 2 is 1.12 bits per heavy atom. The number of imide groups is 1. The first-order chi connectivity index (χ1) is 12.3. The SMILES string of the molecule is CCCCCCCCCC=CCCCCCCCN1C(=O)C=CC1=O. The van der Waals surface area contributed by atoms with E-state index in [0.717, 1.165) is 12.8 Å². The van der Waals surface area contributed by atoms with Crippen LogP contribution in [-0.4, -0.2) is 23.3 Å². The first-order valence-electron chi connectivity index (χ1n) is 10.4. The summed E-state index contributed by atoms with van der Waals surface area (Å²) in [5.41, 5.74) is 0. The van der Waals surface area contributed by atoms with E-state index in [9.17, 15) is 9.59 Å². The number of nitrogens with zero attached hydrogens (tertiary/aromatic N) is 1. The number of carbonyl (C=O) groups is 2. The molecule has 3 heteroatoms. The standard InChI is InChI=1S/C22H37NO2/c1-2-3-4-5-6-7-8-9-10-11-12-13-14-15-16-17-20-23-21(24)18-19-22(23)25/h10-11,18-19H,2-9,12-17,20H2,1H3. The molecule has 3 nitrogen and oxygen atoms in total. The molecule has 0 bridgehead atoms. The lowest BCUT2D eigenvalue weighted by Crippen LogP contribution is -2.30. The normalized spacial score (nSPS) is 14.4. The van der Waals surface area contributed by atoms with Crippen LogP contribution < -0.4 is 0 Å². The molecule has 0 saturated carbocycles. The van der Waals surface area contributed by atoms with Crippen molar-refractivity contribution in [3.63, 3.8) is 0 Å². The molecule has 0 saturated heterocycles. The fourth-order valence-corrected chi connectivity index (χ4v) is 3.17. The van der Waals surface area contributed by atoms with Gasteiger partial charge in [0.1, 0.15) is 0 Å². The summed E-state index contributed by atoms with van der Waals surface area (Å²) in [7, 11) is 0. The molecule has 0 N–H and O–H groups in total. The van der Waals surface area contributed by atoms with Gasteiger partial charge in [-0.2, -0.15) is 0 Å². The highest BCUT2D eigenvalue weighted by atomic mass is 16.2. The van der Waals surface area contributed by atoms with E-state index >= 15 is 0 Å². The van der Waals surface area contributed by atoms with E-state index in [1.54, 1.807) is 0 Å². The molecule has 25 heavy (non-hydrogen) atoms. The van der Waals surface area contributed by atoms with Crippen molar-refractivity contribution >= 4 is 11.8 Å². The van der Waals surface area contributed by atoms with Gasteiger partial charge in [0.2, 0.25) is 0 Å². The van der Waals surface area contributed by atoms with Crippen LogP contribution >= 0.6 is 0 Å². The summed E-state index contributed by atoms with van der Waals surface area (Å²) in [5.74, 6) is -0.313. The predicted octanol–water partition coefficient (Wildman–Crippen LogP) is 5.95. The van der Waals surface area contributed by atoms with E-state index < -0.39 is 0 Å². The third-order valence-corrected chi connectivity index (χ3v) is 4.79. The Bertz CT molecular complexity index is 408. The molecule has 0 atom stereocenters. The molecule has 1 aliphatic rings. The molecule has 0 aliphatic carbocycles. The molecule has 0 fully saturated rings. The third kappa shape index (κ3) is 11.0. The number of amides is 2. The fraction of sp³-hybridized carbons (Fsp3) is 0.727. The number of carbonyl (C=O) groups excluding carboxylic acids is 2. The van der Waals surface area contributed by atoms with Gasteiger partial charge in [0.25, 0.3) is 11.8 Å². The van der Waals surface area contributed by atoms with Crippen LogP contribution in [0.1, 0.15) is 96.8 Å². The van der Waals surface area contributed by atoms with Crippen molar-refractivity contribution in [3.05, 3.63) is 24.3 Å². The summed E-state index contributed by atoms with van der Waals surface area (Å²) in [6, 6.07) is 0. The van der Waals surface area contributed by atoms with Crippen molar-refractivity contribution in [1.29, 1.82) is 0 Å². The van der Waals surface area contributed by atoms with Gasteiger partial charge in [-0.1, -0.05) is 76.9 Å². The van der Waals surface area contributed by atoms with Crippen molar-refractivity contribution in [2.75, 3.05) is 6.54 Å². The molecule has 0 spiro atoms. The molecule has 0 aromatic heterocycles. The average molecular weight is 348 g/mol. The molecular weight excluding hydrogens is 310 g/mol. The highest BCUT2D eigenvalue weighted by Gasteiger charge is 2.21. The summed E-state index contributed by atoms with van der Waals surface area (Å²) in [6.07, 6.45) is 25.2. The highest BCUT2D eigenvalue weighted by Crippen LogP contribution is 2.11. The third-order valence-electron chi connectivity index (χ3n) is 4.79. The molecule has 142 valence electrons. The van der Waals surface area contributed by atoms with Crippen LogP contribution in [0.15, 0.2) is 24.3 Å². The summed E-state index contributed by atoms with van der Waals surface area (Å²) in [6.45, 7) is 2.84. The van der Waals surface area contributed by atoms with Gasteiger partial charge in [-0.3, -0.25) is 14.5 Å². The molecule has 2 amide bonds. The molecule has 1 aliphatic heterocycles. The lowest BCUT2D eigenvalue weighted by molar-refractivity contribution is -0.136. The fourth-order valence-electron chi connectivity index (χ4n) is 3.17. The van der Waals surface area contributed by atoms with Gasteiger partial charge < -0.3 is 0 Å². The molecular formula is C22H37NO2. The number of rotatable bonds is 16. The minimum absolute atomic E-state index is 0.156. The van der Waals surface area contributed by atoms with Gasteiger partial charge in [0.15, 0.2) is 0 Å². The summed E-state index contributed by atoms with van der Waals surface area (Å²) in [5, 5.41) is 0. The first-order valence-corrected chi connectivity index (χ1v) is 10.4. The molecule has 0 unspecified atom stereocenters. The van der Waals surface area contributed by atoms with Gasteiger partial charge >= 0.3 is 0 Å². The van der Waals surface area contributed by atoms with E-state index in [2.05, 4.69) is 19.1 Å². The van der Waals surface area contributed by atoms with E-state index in [1.165, 1.54) is 94.1 Å². The predicted molar refractivity (Wildman–Crippen MR) is 105 cm³/mol. The van der Waals surface area contributed by atoms with E-state index in [-0.39, 0.29) is 11.8 Å². The van der Waals surface area contributed by atoms with Crippen LogP contribution in [0.2, 0.25) is 0 Å². The summed E-state index contributed by atoms with van der Waals surface area (Å²) in [4.78, 5) is 24.1. The molecule has 0 aromatic carbocycles. The van der Waals surface area contributed by atoms with Gasteiger partial charge in [-0.15, -0.1) is 0 Å². The second kappa shape index (κ2) is 14.9. The first kappa shape index (κ1) is 21.7. The minimum atomic E-state index is -0.156. The lowest BCUT2D eigenvalue weighted by atomic mass is 10.1. The molecule has 0 radical (unpaired) electrons. The van der Waals surface area contributed by atoms with Crippen LogP contribution in [-0.2, 0) is 9.59 Å². The monoisotopic (exact) mass is 347 g/mol. The van der Waals surface area contributed by atoms with Gasteiger partial charge in [0.05, 0.1) is 0 Å². The average Bonchev–Trinajstić information content (AvgIpc) is 2.93. The Kier molecular flexibility index (Phi) is 12.9. The van der Waals surface area contributed by atoms with E-state index in [0.29, 0.717) is 6.54 Å². The second-order valence-corrected chi connectivity index (χ2v) is 7.10. The second-order valence-electron chi connectivity index (χ2n) is 7.10. The van der Waals surface area contributed by atoms with Crippen molar-refractivity contribution < 1.29 is 9.59 Å². The number of unbranched alkanes of at least 4 members (excludes halogenated alkanes) is 12. The van der Waals surface area contributed by atoms with Crippen LogP contribution in [0.25, 0.3) is 0 Å². The maximum Gasteiger partial charge on any atom is 0.253 e. The summed E-state index contributed by atoms with van der Waals surface area (Å²) >= 11 is 0. The van der Waals surface area contributed by atoms with Crippen molar-refractivity contribution in [1.82, 2.24) is 4.90 Å².